The van der Waals surface area contributed by atoms with Gasteiger partial charge in [-0.3, -0.25) is 9.69 Å². The van der Waals surface area contributed by atoms with Crippen LogP contribution in [0.1, 0.15) is 5.69 Å². The lowest BCUT2D eigenvalue weighted by atomic mass is 10.2. The molecule has 1 N–H and O–H groups in total. The second-order valence-corrected chi connectivity index (χ2v) is 5.53. The highest BCUT2D eigenvalue weighted by Gasteiger charge is 2.32. The predicted molar refractivity (Wildman–Crippen MR) is 80.3 cm³/mol. The maximum atomic E-state index is 12.7. The summed E-state index contributed by atoms with van der Waals surface area (Å²) in [7, 11) is 0. The van der Waals surface area contributed by atoms with Crippen molar-refractivity contribution in [2.75, 3.05) is 32.7 Å². The lowest BCUT2D eigenvalue weighted by molar-refractivity contribution is -0.140. The lowest BCUT2D eigenvalue weighted by Gasteiger charge is -2.27. The molecule has 1 aliphatic rings. The van der Waals surface area contributed by atoms with Gasteiger partial charge in [-0.2, -0.15) is 13.2 Å². The van der Waals surface area contributed by atoms with Crippen LogP contribution < -0.4 is 10.9 Å². The number of hydrogen-bond acceptors (Lipinski definition) is 4. The largest absolute Gasteiger partial charge is 0.433 e. The first-order chi connectivity index (χ1) is 10.9. The summed E-state index contributed by atoms with van der Waals surface area (Å²) >= 11 is 0. The third kappa shape index (κ3) is 3.53. The number of halogens is 3. The van der Waals surface area contributed by atoms with Gasteiger partial charge in [-0.25, -0.2) is 4.98 Å². The highest BCUT2D eigenvalue weighted by atomic mass is 19.4. The molecule has 124 valence electrons. The van der Waals surface area contributed by atoms with Crippen molar-refractivity contribution in [3.63, 3.8) is 0 Å². The molecule has 3 rings (SSSR count). The normalized spacial score (nSPS) is 16.8. The van der Waals surface area contributed by atoms with Crippen molar-refractivity contribution in [1.29, 1.82) is 0 Å². The van der Waals surface area contributed by atoms with E-state index in [1.807, 2.05) is 0 Å². The molecule has 0 bridgehead atoms. The highest BCUT2D eigenvalue weighted by Crippen LogP contribution is 2.28. The first kappa shape index (κ1) is 15.9. The first-order valence-corrected chi connectivity index (χ1v) is 7.45. The van der Waals surface area contributed by atoms with Gasteiger partial charge in [-0.1, -0.05) is 0 Å². The summed E-state index contributed by atoms with van der Waals surface area (Å²) in [5.74, 6) is 0. The van der Waals surface area contributed by atoms with E-state index in [0.29, 0.717) is 6.54 Å². The van der Waals surface area contributed by atoms with Crippen molar-refractivity contribution < 1.29 is 13.2 Å². The van der Waals surface area contributed by atoms with Gasteiger partial charge in [-0.15, -0.1) is 0 Å². The summed E-state index contributed by atoms with van der Waals surface area (Å²) in [6.07, 6.45) is -2.99. The Morgan fingerprint density at radius 3 is 2.57 bits per heavy atom. The Labute approximate surface area is 130 Å². The Morgan fingerprint density at radius 2 is 1.87 bits per heavy atom. The second-order valence-electron chi connectivity index (χ2n) is 5.53. The van der Waals surface area contributed by atoms with Gasteiger partial charge in [0.2, 0.25) is 0 Å². The van der Waals surface area contributed by atoms with Crippen molar-refractivity contribution >= 4 is 10.9 Å². The summed E-state index contributed by atoms with van der Waals surface area (Å²) in [5.41, 5.74) is -1.22. The molecule has 2 aromatic rings. The van der Waals surface area contributed by atoms with Crippen molar-refractivity contribution in [3.05, 3.63) is 40.4 Å². The molecule has 1 fully saturated rings. The number of alkyl halides is 3. The molecular formula is C15H17F3N4O. The predicted octanol–water partition coefficient (Wildman–Crippen LogP) is 1.32. The van der Waals surface area contributed by atoms with Gasteiger partial charge in [-0.05, 0) is 18.2 Å². The van der Waals surface area contributed by atoms with E-state index in [1.165, 1.54) is 22.9 Å². The topological polar surface area (TPSA) is 50.2 Å². The molecule has 1 saturated heterocycles. The van der Waals surface area contributed by atoms with E-state index >= 15 is 0 Å². The molecule has 5 nitrogen and oxygen atoms in total. The molecule has 0 unspecified atom stereocenters. The average molecular weight is 326 g/mol. The van der Waals surface area contributed by atoms with Gasteiger partial charge in [0.15, 0.2) is 0 Å². The van der Waals surface area contributed by atoms with Crippen LogP contribution in [-0.4, -0.2) is 47.2 Å². The smallest absolute Gasteiger partial charge is 0.314 e. The number of nitrogens with zero attached hydrogens (tertiary/aromatic N) is 3. The minimum Gasteiger partial charge on any atom is -0.314 e. The number of hydrogen-bond donors (Lipinski definition) is 1. The number of aromatic nitrogens is 2. The molecule has 8 heteroatoms. The van der Waals surface area contributed by atoms with Gasteiger partial charge in [0.1, 0.15) is 5.69 Å². The number of rotatable bonds is 3. The van der Waals surface area contributed by atoms with Crippen molar-refractivity contribution in [2.45, 2.75) is 12.7 Å². The third-order valence-corrected chi connectivity index (χ3v) is 3.99. The quantitative estimate of drug-likeness (QED) is 0.924. The molecule has 3 heterocycles. The van der Waals surface area contributed by atoms with E-state index in [0.717, 1.165) is 38.8 Å². The molecule has 23 heavy (non-hydrogen) atoms. The van der Waals surface area contributed by atoms with Crippen molar-refractivity contribution in [2.24, 2.45) is 0 Å². The van der Waals surface area contributed by atoms with Crippen LogP contribution in [0.4, 0.5) is 13.2 Å². The zero-order valence-corrected chi connectivity index (χ0v) is 12.4. The van der Waals surface area contributed by atoms with Gasteiger partial charge in [0.25, 0.3) is 5.56 Å². The van der Waals surface area contributed by atoms with Gasteiger partial charge < -0.3 is 9.88 Å². The average Bonchev–Trinajstić information content (AvgIpc) is 2.54. The van der Waals surface area contributed by atoms with E-state index in [-0.39, 0.29) is 16.5 Å². The highest BCUT2D eigenvalue weighted by molar-refractivity contribution is 5.77. The van der Waals surface area contributed by atoms with Crippen LogP contribution in [0.2, 0.25) is 0 Å². The van der Waals surface area contributed by atoms with Crippen LogP contribution >= 0.6 is 0 Å². The molecule has 0 spiro atoms. The number of pyridine rings is 2. The number of fused-ring (bicyclic) bond motifs is 1. The minimum absolute atomic E-state index is 0.0725. The summed E-state index contributed by atoms with van der Waals surface area (Å²) < 4.78 is 39.5. The lowest BCUT2D eigenvalue weighted by Crippen LogP contribution is -2.45. The summed E-state index contributed by atoms with van der Waals surface area (Å²) in [6, 6.07) is 3.52. The van der Waals surface area contributed by atoms with Crippen LogP contribution in [0.25, 0.3) is 10.9 Å². The third-order valence-electron chi connectivity index (χ3n) is 3.99. The van der Waals surface area contributed by atoms with Crippen LogP contribution in [0.5, 0.6) is 0 Å². The monoisotopic (exact) mass is 326 g/mol. The molecule has 1 aliphatic heterocycles. The Kier molecular flexibility index (Phi) is 4.36. The fourth-order valence-electron chi connectivity index (χ4n) is 2.68. The van der Waals surface area contributed by atoms with E-state index in [1.54, 1.807) is 0 Å². The van der Waals surface area contributed by atoms with Crippen molar-refractivity contribution in [1.82, 2.24) is 19.8 Å². The molecule has 0 saturated carbocycles. The molecule has 0 aromatic carbocycles. The molecule has 0 aliphatic carbocycles. The molecule has 0 atom stereocenters. The fourth-order valence-corrected chi connectivity index (χ4v) is 2.68. The van der Waals surface area contributed by atoms with E-state index < -0.39 is 11.9 Å². The zero-order chi connectivity index (χ0) is 16.4. The maximum Gasteiger partial charge on any atom is 0.433 e. The van der Waals surface area contributed by atoms with Gasteiger partial charge >= 0.3 is 6.18 Å². The van der Waals surface area contributed by atoms with E-state index in [9.17, 15) is 18.0 Å². The molecule has 0 amide bonds. The summed E-state index contributed by atoms with van der Waals surface area (Å²) in [4.78, 5) is 18.2. The van der Waals surface area contributed by atoms with Crippen LogP contribution in [-0.2, 0) is 12.7 Å². The summed E-state index contributed by atoms with van der Waals surface area (Å²) in [5, 5.41) is 3.46. The fraction of sp³-hybridized carbons (Fsp3) is 0.467. The molecular weight excluding hydrogens is 309 g/mol. The Morgan fingerprint density at radius 1 is 1.13 bits per heavy atom. The second kappa shape index (κ2) is 6.29. The van der Waals surface area contributed by atoms with Crippen molar-refractivity contribution in [3.8, 4) is 0 Å². The first-order valence-electron chi connectivity index (χ1n) is 7.45. The van der Waals surface area contributed by atoms with Crippen LogP contribution in [0.15, 0.2) is 29.2 Å². The number of nitrogens with one attached hydrogen (secondary N) is 1. The molecule has 0 radical (unpaired) electrons. The Hall–Kier alpha value is -1.93. The zero-order valence-electron chi connectivity index (χ0n) is 12.4. The Bertz CT molecular complexity index is 750. The molecule has 2 aromatic heterocycles. The van der Waals surface area contributed by atoms with E-state index in [2.05, 4.69) is 15.2 Å². The summed E-state index contributed by atoms with van der Waals surface area (Å²) in [6.45, 7) is 4.96. The number of piperazine rings is 1. The minimum atomic E-state index is -4.51. The van der Waals surface area contributed by atoms with E-state index in [4.69, 9.17) is 0 Å². The SMILES string of the molecule is O=c1c2ccc(C(F)(F)F)nc2ccn1CCN1CCNCC1. The van der Waals surface area contributed by atoms with Gasteiger partial charge in [0.05, 0.1) is 10.9 Å². The standard InChI is InChI=1S/C15H17F3N4O/c16-15(17,18)13-2-1-11-12(20-13)3-6-22(14(11)23)10-9-21-7-4-19-5-8-21/h1-3,6,19H,4-5,7-10H2. The van der Waals surface area contributed by atoms with Crippen LogP contribution in [0, 0.1) is 0 Å². The van der Waals surface area contributed by atoms with Gasteiger partial charge in [0, 0.05) is 45.5 Å². The Balaban J connectivity index is 1.82. The van der Waals surface area contributed by atoms with Crippen LogP contribution in [0.3, 0.4) is 0 Å². The maximum absolute atomic E-state index is 12.7.